The number of unbranched alkanes of at least 4 members (excludes halogenated alkanes) is 1. The number of rotatable bonds is 5. The van der Waals surface area contributed by atoms with Crippen LogP contribution in [0.5, 0.6) is 0 Å². The van der Waals surface area contributed by atoms with Gasteiger partial charge < -0.3 is 9.67 Å². The largest absolute Gasteiger partial charge is 0.390 e. The zero-order chi connectivity index (χ0) is 17.1. The molecule has 0 unspecified atom stereocenters. The van der Waals surface area contributed by atoms with E-state index in [0.717, 1.165) is 33.8 Å². The second-order valence-corrected chi connectivity index (χ2v) is 6.76. The van der Waals surface area contributed by atoms with Crippen molar-refractivity contribution in [1.82, 2.24) is 4.57 Å². The van der Waals surface area contributed by atoms with E-state index >= 15 is 0 Å². The number of aliphatic hydroxyl groups is 1. The highest BCUT2D eigenvalue weighted by Crippen LogP contribution is 2.32. The van der Waals surface area contributed by atoms with Gasteiger partial charge in [-0.3, -0.25) is 4.79 Å². The topological polar surface area (TPSA) is 42.2 Å². The Morgan fingerprint density at radius 1 is 1.08 bits per heavy atom. The van der Waals surface area contributed by atoms with Crippen LogP contribution in [0.4, 0.5) is 0 Å². The monoisotopic (exact) mass is 385 g/mol. The van der Waals surface area contributed by atoms with Crippen molar-refractivity contribution in [1.29, 1.82) is 0 Å². The number of aliphatic hydroxyl groups excluding tert-OH is 1. The maximum atomic E-state index is 12.9. The minimum Gasteiger partial charge on any atom is -0.390 e. The third-order valence-corrected chi connectivity index (χ3v) is 4.78. The van der Waals surface area contributed by atoms with Gasteiger partial charge in [0.05, 0.1) is 12.3 Å². The van der Waals surface area contributed by atoms with Crippen LogP contribution in [0, 0.1) is 0 Å². The van der Waals surface area contributed by atoms with Crippen LogP contribution >= 0.6 is 15.9 Å². The molecular weight excluding hydrogens is 366 g/mol. The molecule has 0 aliphatic carbocycles. The summed E-state index contributed by atoms with van der Waals surface area (Å²) in [6.45, 7) is 2.56. The molecular formula is C20H20BrNO2. The van der Waals surface area contributed by atoms with Gasteiger partial charge >= 0.3 is 0 Å². The Hall–Kier alpha value is -1.91. The van der Waals surface area contributed by atoms with Gasteiger partial charge in [-0.25, -0.2) is 0 Å². The summed E-state index contributed by atoms with van der Waals surface area (Å²) in [5, 5.41) is 11.6. The van der Waals surface area contributed by atoms with Crippen LogP contribution in [0.1, 0.15) is 25.5 Å². The molecule has 4 heteroatoms. The highest BCUT2D eigenvalue weighted by atomic mass is 79.9. The molecule has 24 heavy (non-hydrogen) atoms. The van der Waals surface area contributed by atoms with E-state index in [9.17, 15) is 9.90 Å². The number of hydrogen-bond donors (Lipinski definition) is 1. The predicted octanol–water partition coefficient (Wildman–Crippen LogP) is 4.72. The third-order valence-electron chi connectivity index (χ3n) is 4.29. The number of fused-ring (bicyclic) bond motifs is 1. The SMILES string of the molecule is CCCCn1c(CO)c(-c2ccccc2)c2cc(Br)ccc2c1=O. The molecule has 0 aliphatic heterocycles. The van der Waals surface area contributed by atoms with Gasteiger partial charge in [-0.05, 0) is 35.6 Å². The van der Waals surface area contributed by atoms with Crippen LogP contribution in [0.15, 0.2) is 57.8 Å². The summed E-state index contributed by atoms with van der Waals surface area (Å²) in [5.74, 6) is 0. The summed E-state index contributed by atoms with van der Waals surface area (Å²) < 4.78 is 2.66. The van der Waals surface area contributed by atoms with E-state index in [1.165, 1.54) is 0 Å². The van der Waals surface area contributed by atoms with Crippen molar-refractivity contribution < 1.29 is 5.11 Å². The lowest BCUT2D eigenvalue weighted by Gasteiger charge is -2.19. The van der Waals surface area contributed by atoms with Crippen molar-refractivity contribution in [2.75, 3.05) is 0 Å². The summed E-state index contributed by atoms with van der Waals surface area (Å²) in [6, 6.07) is 15.7. The molecule has 0 bridgehead atoms. The maximum absolute atomic E-state index is 12.9. The van der Waals surface area contributed by atoms with Crippen molar-refractivity contribution in [3.05, 3.63) is 69.1 Å². The van der Waals surface area contributed by atoms with Crippen LogP contribution < -0.4 is 5.56 Å². The number of hydrogen-bond acceptors (Lipinski definition) is 2. The lowest BCUT2D eigenvalue weighted by molar-refractivity contribution is 0.269. The van der Waals surface area contributed by atoms with Crippen molar-refractivity contribution >= 4 is 26.7 Å². The molecule has 0 spiro atoms. The molecule has 3 rings (SSSR count). The van der Waals surface area contributed by atoms with Gasteiger partial charge in [0.2, 0.25) is 0 Å². The number of aromatic nitrogens is 1. The van der Waals surface area contributed by atoms with Crippen LogP contribution in [0.25, 0.3) is 21.9 Å². The van der Waals surface area contributed by atoms with E-state index < -0.39 is 0 Å². The molecule has 0 aliphatic rings. The predicted molar refractivity (Wildman–Crippen MR) is 102 cm³/mol. The Kier molecular flexibility index (Phi) is 5.17. The number of benzene rings is 2. The fourth-order valence-corrected chi connectivity index (χ4v) is 3.47. The molecule has 0 saturated heterocycles. The standard InChI is InChI=1S/C20H20BrNO2/c1-2-3-11-22-18(13-23)19(14-7-5-4-6-8-14)17-12-15(21)9-10-16(17)20(22)24/h4-10,12,23H,2-3,11,13H2,1H3. The van der Waals surface area contributed by atoms with E-state index in [-0.39, 0.29) is 12.2 Å². The molecule has 3 nitrogen and oxygen atoms in total. The lowest BCUT2D eigenvalue weighted by atomic mass is 9.97. The van der Waals surface area contributed by atoms with Gasteiger partial charge in [-0.1, -0.05) is 59.6 Å². The first kappa shape index (κ1) is 16.9. The quantitative estimate of drug-likeness (QED) is 0.689. The van der Waals surface area contributed by atoms with Crippen molar-refractivity contribution in [3.8, 4) is 11.1 Å². The van der Waals surface area contributed by atoms with Gasteiger partial charge in [-0.2, -0.15) is 0 Å². The van der Waals surface area contributed by atoms with E-state index in [1.807, 2.05) is 48.5 Å². The Balaban J connectivity index is 2.43. The molecule has 1 N–H and O–H groups in total. The molecule has 2 aromatic carbocycles. The highest BCUT2D eigenvalue weighted by molar-refractivity contribution is 9.10. The summed E-state index contributed by atoms with van der Waals surface area (Å²) in [4.78, 5) is 12.9. The van der Waals surface area contributed by atoms with Gasteiger partial charge in [0, 0.05) is 22.0 Å². The van der Waals surface area contributed by atoms with E-state index in [0.29, 0.717) is 17.6 Å². The Bertz CT molecular complexity index is 916. The zero-order valence-corrected chi connectivity index (χ0v) is 15.2. The first-order valence-electron chi connectivity index (χ1n) is 8.18. The molecule has 0 atom stereocenters. The molecule has 0 saturated carbocycles. The second kappa shape index (κ2) is 7.32. The molecule has 0 amide bonds. The second-order valence-electron chi connectivity index (χ2n) is 5.85. The van der Waals surface area contributed by atoms with E-state index in [1.54, 1.807) is 4.57 Å². The number of halogens is 1. The van der Waals surface area contributed by atoms with Crippen LogP contribution in [-0.2, 0) is 13.2 Å². The highest BCUT2D eigenvalue weighted by Gasteiger charge is 2.17. The van der Waals surface area contributed by atoms with Gasteiger partial charge in [0.15, 0.2) is 0 Å². The Labute approximate surface area is 149 Å². The summed E-state index contributed by atoms with van der Waals surface area (Å²) in [5.41, 5.74) is 2.60. The fourth-order valence-electron chi connectivity index (χ4n) is 3.11. The van der Waals surface area contributed by atoms with Gasteiger partial charge in [-0.15, -0.1) is 0 Å². The van der Waals surface area contributed by atoms with Crippen LogP contribution in [0.3, 0.4) is 0 Å². The van der Waals surface area contributed by atoms with Crippen molar-refractivity contribution in [2.24, 2.45) is 0 Å². The molecule has 124 valence electrons. The molecule has 0 fully saturated rings. The van der Waals surface area contributed by atoms with Crippen LogP contribution in [0.2, 0.25) is 0 Å². The normalized spacial score (nSPS) is 11.1. The minimum absolute atomic E-state index is 0.0327. The summed E-state index contributed by atoms with van der Waals surface area (Å²) in [6.07, 6.45) is 1.90. The summed E-state index contributed by atoms with van der Waals surface area (Å²) >= 11 is 3.50. The first-order chi connectivity index (χ1) is 11.7. The van der Waals surface area contributed by atoms with E-state index in [4.69, 9.17) is 0 Å². The molecule has 1 aromatic heterocycles. The fraction of sp³-hybridized carbons (Fsp3) is 0.250. The van der Waals surface area contributed by atoms with E-state index in [2.05, 4.69) is 22.9 Å². The molecule has 1 heterocycles. The average Bonchev–Trinajstić information content (AvgIpc) is 2.61. The number of pyridine rings is 1. The molecule has 3 aromatic rings. The average molecular weight is 386 g/mol. The van der Waals surface area contributed by atoms with Gasteiger partial charge in [0.25, 0.3) is 5.56 Å². The van der Waals surface area contributed by atoms with Crippen molar-refractivity contribution in [3.63, 3.8) is 0 Å². The van der Waals surface area contributed by atoms with Gasteiger partial charge in [0.1, 0.15) is 0 Å². The molecule has 0 radical (unpaired) electrons. The minimum atomic E-state index is -0.161. The Morgan fingerprint density at radius 2 is 1.83 bits per heavy atom. The summed E-state index contributed by atoms with van der Waals surface area (Å²) in [7, 11) is 0. The smallest absolute Gasteiger partial charge is 0.258 e. The maximum Gasteiger partial charge on any atom is 0.258 e. The first-order valence-corrected chi connectivity index (χ1v) is 8.98. The lowest BCUT2D eigenvalue weighted by Crippen LogP contribution is -2.25. The zero-order valence-electron chi connectivity index (χ0n) is 13.6. The third kappa shape index (κ3) is 3.04. The van der Waals surface area contributed by atoms with Crippen molar-refractivity contribution in [2.45, 2.75) is 32.9 Å². The number of nitrogens with zero attached hydrogens (tertiary/aromatic N) is 1. The Morgan fingerprint density at radius 3 is 2.50 bits per heavy atom. The van der Waals surface area contributed by atoms with Crippen LogP contribution in [-0.4, -0.2) is 9.67 Å².